The summed E-state index contributed by atoms with van der Waals surface area (Å²) < 4.78 is 12.7. The first kappa shape index (κ1) is 28.8. The number of benzene rings is 3. The maximum absolute atomic E-state index is 13.2. The van der Waals surface area contributed by atoms with Crippen LogP contribution < -0.4 is 15.5 Å². The van der Waals surface area contributed by atoms with Gasteiger partial charge in [0.1, 0.15) is 17.6 Å². The lowest BCUT2D eigenvalue weighted by molar-refractivity contribution is -0.125. The van der Waals surface area contributed by atoms with Gasteiger partial charge in [0.05, 0.1) is 38.1 Å². The van der Waals surface area contributed by atoms with Crippen LogP contribution in [0.5, 0.6) is 5.75 Å². The third-order valence-electron chi connectivity index (χ3n) is 7.67. The van der Waals surface area contributed by atoms with Gasteiger partial charge in [0.15, 0.2) is 11.6 Å². The van der Waals surface area contributed by atoms with Crippen LogP contribution in [-0.4, -0.2) is 58.0 Å². The minimum Gasteiger partial charge on any atom is -0.497 e. The van der Waals surface area contributed by atoms with Crippen LogP contribution in [0.2, 0.25) is 5.02 Å². The molecule has 3 aromatic carbocycles. The van der Waals surface area contributed by atoms with Crippen molar-refractivity contribution >= 4 is 41.6 Å². The second-order valence-electron chi connectivity index (χ2n) is 10.5. The molecule has 0 bridgehead atoms. The Morgan fingerprint density at radius 3 is 2.74 bits per heavy atom. The highest BCUT2D eigenvalue weighted by Gasteiger charge is 2.30. The average Bonchev–Trinajstić information content (AvgIpc) is 3.55. The molecule has 218 valence electrons. The summed E-state index contributed by atoms with van der Waals surface area (Å²) in [7, 11) is 0.712. The van der Waals surface area contributed by atoms with Crippen LogP contribution >= 0.6 is 11.6 Å². The van der Waals surface area contributed by atoms with Crippen LogP contribution in [0.15, 0.2) is 65.7 Å². The van der Waals surface area contributed by atoms with E-state index in [2.05, 4.69) is 15.5 Å². The predicted molar refractivity (Wildman–Crippen MR) is 162 cm³/mol. The minimum atomic E-state index is -0.893. The molecule has 0 radical (unpaired) electrons. The fourth-order valence-electron chi connectivity index (χ4n) is 5.43. The maximum Gasteiger partial charge on any atom is 0.491 e. The molecular weight excluding hydrogens is 569 g/mol. The van der Waals surface area contributed by atoms with Crippen LogP contribution in [0, 0.1) is 6.92 Å². The molecular formula is C31H29BClN5O5. The number of carbonyl (C=O) groups is 2. The van der Waals surface area contributed by atoms with Gasteiger partial charge in [-0.1, -0.05) is 41.9 Å². The van der Waals surface area contributed by atoms with E-state index in [0.29, 0.717) is 41.2 Å². The van der Waals surface area contributed by atoms with E-state index >= 15 is 0 Å². The molecule has 1 amide bonds. The minimum absolute atomic E-state index is 0.0270. The topological polar surface area (TPSA) is 128 Å². The molecule has 0 spiro atoms. The first-order valence-corrected chi connectivity index (χ1v) is 14.3. The van der Waals surface area contributed by atoms with Gasteiger partial charge >= 0.3 is 7.12 Å². The summed E-state index contributed by atoms with van der Waals surface area (Å²) >= 11 is 6.17. The molecule has 0 aliphatic carbocycles. The number of nitrogens with zero attached hydrogens (tertiary/aromatic N) is 4. The van der Waals surface area contributed by atoms with Gasteiger partial charge in [0, 0.05) is 22.6 Å². The molecule has 0 unspecified atom stereocenters. The molecule has 0 saturated carbocycles. The molecule has 2 aliphatic heterocycles. The quantitative estimate of drug-likeness (QED) is 0.284. The molecule has 0 saturated heterocycles. The van der Waals surface area contributed by atoms with E-state index in [4.69, 9.17) is 26.0 Å². The number of ketones is 1. The fraction of sp³-hybridized carbons (Fsp3) is 0.258. The van der Waals surface area contributed by atoms with Crippen LogP contribution in [-0.2, 0) is 27.3 Å². The molecule has 6 rings (SSSR count). The number of methoxy groups -OCH3 is 1. The number of amides is 1. The first-order valence-electron chi connectivity index (χ1n) is 13.9. The number of hydrogen-bond donors (Lipinski definition) is 2. The molecule has 1 aromatic heterocycles. The number of carbonyl (C=O) groups excluding carboxylic acids is 2. The highest BCUT2D eigenvalue weighted by Crippen LogP contribution is 2.34. The smallest absolute Gasteiger partial charge is 0.491 e. The van der Waals surface area contributed by atoms with Gasteiger partial charge in [0.25, 0.3) is 0 Å². The van der Waals surface area contributed by atoms with Crippen molar-refractivity contribution in [1.82, 2.24) is 20.1 Å². The lowest BCUT2D eigenvalue weighted by Crippen LogP contribution is -2.31. The average molecular weight is 598 g/mol. The van der Waals surface area contributed by atoms with Gasteiger partial charge < -0.3 is 19.7 Å². The van der Waals surface area contributed by atoms with Crippen LogP contribution in [0.1, 0.15) is 52.8 Å². The second kappa shape index (κ2) is 12.1. The molecule has 4 aromatic rings. The Kier molecular flexibility index (Phi) is 8.11. The van der Waals surface area contributed by atoms with Crippen molar-refractivity contribution in [1.29, 1.82) is 0 Å². The number of aromatic nitrogens is 3. The van der Waals surface area contributed by atoms with Gasteiger partial charge in [0.2, 0.25) is 5.91 Å². The number of hydrogen-bond acceptors (Lipinski definition) is 8. The van der Waals surface area contributed by atoms with Crippen molar-refractivity contribution in [3.05, 3.63) is 99.6 Å². The Morgan fingerprint density at radius 2 is 1.95 bits per heavy atom. The molecule has 12 heteroatoms. The number of ether oxygens (including phenoxy) is 1. The predicted octanol–water partition coefficient (Wildman–Crippen LogP) is 3.06. The lowest BCUT2D eigenvalue weighted by atomic mass is 9.79. The molecule has 2 N–H and O–H groups in total. The Hall–Kier alpha value is -4.32. The Bertz CT molecular complexity index is 1740. The molecule has 3 heterocycles. The van der Waals surface area contributed by atoms with E-state index in [1.807, 2.05) is 60.0 Å². The lowest BCUT2D eigenvalue weighted by Gasteiger charge is -2.14. The number of rotatable bonds is 9. The SMILES string of the molecule is COc1ccc2c(c1)C(c1ccc(Cl)cc1)=N[C@@H](CC(=O)NCC(=O)CCc1ccc3c(c1)COB3O)c1nnc(C)n1-2. The summed E-state index contributed by atoms with van der Waals surface area (Å²) in [6.07, 6.45) is 0.774. The summed E-state index contributed by atoms with van der Waals surface area (Å²) in [4.78, 5) is 30.9. The second-order valence-corrected chi connectivity index (χ2v) is 11.0. The van der Waals surface area contributed by atoms with Gasteiger partial charge in [-0.15, -0.1) is 10.2 Å². The number of Topliss-reactive ketones (excluding diaryl/α,β-unsaturated/α-hetero) is 1. The van der Waals surface area contributed by atoms with Gasteiger partial charge in [-0.25, -0.2) is 0 Å². The van der Waals surface area contributed by atoms with Crippen LogP contribution in [0.25, 0.3) is 5.69 Å². The molecule has 1 atom stereocenters. The number of halogens is 1. The van der Waals surface area contributed by atoms with Crippen LogP contribution in [0.4, 0.5) is 0 Å². The fourth-order valence-corrected chi connectivity index (χ4v) is 5.56. The monoisotopic (exact) mass is 597 g/mol. The molecule has 10 nitrogen and oxygen atoms in total. The Balaban J connectivity index is 1.19. The third-order valence-corrected chi connectivity index (χ3v) is 7.93. The molecule has 43 heavy (non-hydrogen) atoms. The summed E-state index contributed by atoms with van der Waals surface area (Å²) in [5.41, 5.74) is 5.77. The highest BCUT2D eigenvalue weighted by molar-refractivity contribution is 6.61. The zero-order valence-electron chi connectivity index (χ0n) is 23.7. The van der Waals surface area contributed by atoms with E-state index in [9.17, 15) is 14.6 Å². The van der Waals surface area contributed by atoms with Crippen molar-refractivity contribution in [2.75, 3.05) is 13.7 Å². The van der Waals surface area contributed by atoms with Gasteiger partial charge in [-0.3, -0.25) is 19.1 Å². The van der Waals surface area contributed by atoms with Crippen molar-refractivity contribution in [3.63, 3.8) is 0 Å². The molecule has 2 aliphatic rings. The van der Waals surface area contributed by atoms with E-state index in [1.165, 1.54) is 0 Å². The first-order chi connectivity index (χ1) is 20.8. The summed E-state index contributed by atoms with van der Waals surface area (Å²) in [5.74, 6) is 1.43. The van der Waals surface area contributed by atoms with Crippen molar-refractivity contribution < 1.29 is 24.0 Å². The number of aliphatic imine (C=N–C) groups is 1. The standard InChI is InChI=1S/C31H29BClN5O5/c1-18-36-37-31-27(15-29(40)34-16-23(39)9-3-19-4-11-26-21(13-19)17-43-32(26)41)35-30(20-5-7-22(33)8-6-20)25-14-24(42-2)10-12-28(25)38(18)31/h4-8,10-14,27,41H,3,9,15-17H2,1-2H3,(H,34,40)/t27-/m0/s1. The summed E-state index contributed by atoms with van der Waals surface area (Å²) in [6, 6.07) is 18.1. The van der Waals surface area contributed by atoms with Crippen LogP contribution in [0.3, 0.4) is 0 Å². The van der Waals surface area contributed by atoms with Crippen molar-refractivity contribution in [2.24, 2.45) is 4.99 Å². The maximum atomic E-state index is 13.2. The summed E-state index contributed by atoms with van der Waals surface area (Å²) in [6.45, 7) is 2.11. The van der Waals surface area contributed by atoms with Crippen molar-refractivity contribution in [3.8, 4) is 11.4 Å². The number of nitrogens with one attached hydrogen (secondary N) is 1. The Labute approximate surface area is 253 Å². The van der Waals surface area contributed by atoms with E-state index < -0.39 is 13.2 Å². The Morgan fingerprint density at radius 1 is 1.14 bits per heavy atom. The van der Waals surface area contributed by atoms with E-state index in [0.717, 1.165) is 33.4 Å². The van der Waals surface area contributed by atoms with E-state index in [-0.39, 0.29) is 31.1 Å². The largest absolute Gasteiger partial charge is 0.497 e. The third kappa shape index (κ3) is 5.97. The number of aryl methyl sites for hydroxylation is 2. The zero-order chi connectivity index (χ0) is 30.1. The molecule has 0 fully saturated rings. The highest BCUT2D eigenvalue weighted by atomic mass is 35.5. The van der Waals surface area contributed by atoms with Crippen molar-refractivity contribution in [2.45, 2.75) is 38.8 Å². The summed E-state index contributed by atoms with van der Waals surface area (Å²) in [5, 5.41) is 21.9. The normalized spacial score (nSPS) is 15.2. The van der Waals surface area contributed by atoms with Gasteiger partial charge in [-0.2, -0.15) is 0 Å². The zero-order valence-corrected chi connectivity index (χ0v) is 24.5. The van der Waals surface area contributed by atoms with E-state index in [1.54, 1.807) is 19.2 Å². The van der Waals surface area contributed by atoms with Gasteiger partial charge in [-0.05, 0) is 60.3 Å². The number of fused-ring (bicyclic) bond motifs is 4.